The molecule has 0 saturated heterocycles. The van der Waals surface area contributed by atoms with Gasteiger partial charge in [-0.15, -0.1) is 0 Å². The Bertz CT molecular complexity index is 624. The smallest absolute Gasteiger partial charge is 0.254 e. The first-order valence-corrected chi connectivity index (χ1v) is 6.31. The molecule has 3 heteroatoms. The van der Waals surface area contributed by atoms with Crippen molar-refractivity contribution in [3.8, 4) is 5.75 Å². The number of amides is 1. The van der Waals surface area contributed by atoms with Crippen molar-refractivity contribution in [3.63, 3.8) is 0 Å². The lowest BCUT2D eigenvalue weighted by atomic mass is 10.1. The van der Waals surface area contributed by atoms with Crippen LogP contribution in [0.1, 0.15) is 27.0 Å². The predicted molar refractivity (Wildman–Crippen MR) is 72.9 cm³/mol. The van der Waals surface area contributed by atoms with E-state index in [0.29, 0.717) is 18.7 Å². The molecule has 19 heavy (non-hydrogen) atoms. The van der Waals surface area contributed by atoms with E-state index in [1.165, 1.54) is 11.1 Å². The van der Waals surface area contributed by atoms with Gasteiger partial charge in [0.1, 0.15) is 5.75 Å². The van der Waals surface area contributed by atoms with E-state index >= 15 is 0 Å². The third kappa shape index (κ3) is 2.08. The minimum Gasteiger partial charge on any atom is -0.508 e. The van der Waals surface area contributed by atoms with Crippen molar-refractivity contribution in [2.45, 2.75) is 20.0 Å². The summed E-state index contributed by atoms with van der Waals surface area (Å²) in [5.41, 5.74) is 3.89. The SMILES string of the molecule is Cc1cc(O)ccc1C(=O)N1Cc2ccccc2C1. The number of hydrogen-bond donors (Lipinski definition) is 1. The number of carbonyl (C=O) groups excluding carboxylic acids is 1. The Morgan fingerprint density at radius 2 is 1.74 bits per heavy atom. The van der Waals surface area contributed by atoms with Crippen LogP contribution >= 0.6 is 0 Å². The maximum absolute atomic E-state index is 12.5. The normalized spacial score (nSPS) is 13.4. The van der Waals surface area contributed by atoms with E-state index < -0.39 is 0 Å². The van der Waals surface area contributed by atoms with Gasteiger partial charge in [0.05, 0.1) is 0 Å². The van der Waals surface area contributed by atoms with Crippen LogP contribution < -0.4 is 0 Å². The fraction of sp³-hybridized carbons (Fsp3) is 0.188. The molecule has 3 nitrogen and oxygen atoms in total. The zero-order valence-electron chi connectivity index (χ0n) is 10.8. The topological polar surface area (TPSA) is 40.5 Å². The molecular weight excluding hydrogens is 238 g/mol. The van der Waals surface area contributed by atoms with Crippen molar-refractivity contribution in [1.29, 1.82) is 0 Å². The second kappa shape index (κ2) is 4.43. The highest BCUT2D eigenvalue weighted by atomic mass is 16.3. The number of rotatable bonds is 1. The minimum absolute atomic E-state index is 0.0219. The third-order valence-corrected chi connectivity index (χ3v) is 3.57. The van der Waals surface area contributed by atoms with E-state index in [-0.39, 0.29) is 11.7 Å². The Morgan fingerprint density at radius 3 is 2.32 bits per heavy atom. The molecule has 2 aromatic rings. The number of benzene rings is 2. The standard InChI is InChI=1S/C16H15NO2/c1-11-8-14(18)6-7-15(11)16(19)17-9-12-4-2-3-5-13(12)10-17/h2-8,18H,9-10H2,1H3. The fourth-order valence-electron chi connectivity index (χ4n) is 2.53. The van der Waals surface area contributed by atoms with Crippen molar-refractivity contribution in [2.24, 2.45) is 0 Å². The number of phenolic OH excluding ortho intramolecular Hbond substituents is 1. The molecule has 2 aromatic carbocycles. The molecule has 1 aliphatic rings. The van der Waals surface area contributed by atoms with E-state index in [2.05, 4.69) is 12.1 Å². The highest BCUT2D eigenvalue weighted by Crippen LogP contribution is 2.25. The van der Waals surface area contributed by atoms with Gasteiger partial charge in [-0.2, -0.15) is 0 Å². The van der Waals surface area contributed by atoms with Gasteiger partial charge >= 0.3 is 0 Å². The molecule has 1 N–H and O–H groups in total. The molecule has 0 aliphatic carbocycles. The van der Waals surface area contributed by atoms with Crippen molar-refractivity contribution in [3.05, 3.63) is 64.7 Å². The van der Waals surface area contributed by atoms with Gasteiger partial charge in [0.2, 0.25) is 0 Å². The maximum atomic E-state index is 12.5. The molecule has 0 fully saturated rings. The summed E-state index contributed by atoms with van der Waals surface area (Å²) in [5.74, 6) is 0.215. The van der Waals surface area contributed by atoms with Gasteiger partial charge in [-0.25, -0.2) is 0 Å². The lowest BCUT2D eigenvalue weighted by Crippen LogP contribution is -2.25. The molecule has 0 spiro atoms. The molecule has 1 aliphatic heterocycles. The quantitative estimate of drug-likeness (QED) is 0.849. The maximum Gasteiger partial charge on any atom is 0.254 e. The molecule has 1 heterocycles. The van der Waals surface area contributed by atoms with Gasteiger partial charge in [-0.1, -0.05) is 24.3 Å². The van der Waals surface area contributed by atoms with Crippen LogP contribution in [0.4, 0.5) is 0 Å². The van der Waals surface area contributed by atoms with E-state index in [0.717, 1.165) is 5.56 Å². The summed E-state index contributed by atoms with van der Waals surface area (Å²) in [4.78, 5) is 14.3. The van der Waals surface area contributed by atoms with Gasteiger partial charge in [0.25, 0.3) is 5.91 Å². The van der Waals surface area contributed by atoms with Crippen molar-refractivity contribution >= 4 is 5.91 Å². The van der Waals surface area contributed by atoms with Crippen LogP contribution in [0.25, 0.3) is 0 Å². The fourth-order valence-corrected chi connectivity index (χ4v) is 2.53. The second-order valence-corrected chi connectivity index (χ2v) is 4.93. The molecule has 0 saturated carbocycles. The second-order valence-electron chi connectivity index (χ2n) is 4.93. The number of nitrogens with zero attached hydrogens (tertiary/aromatic N) is 1. The minimum atomic E-state index is 0.0219. The summed E-state index contributed by atoms with van der Waals surface area (Å²) in [7, 11) is 0. The summed E-state index contributed by atoms with van der Waals surface area (Å²) < 4.78 is 0. The zero-order valence-corrected chi connectivity index (χ0v) is 10.8. The zero-order chi connectivity index (χ0) is 13.4. The highest BCUT2D eigenvalue weighted by Gasteiger charge is 2.24. The van der Waals surface area contributed by atoms with Crippen LogP contribution in [0.15, 0.2) is 42.5 Å². The first kappa shape index (κ1) is 11.8. The molecule has 0 aromatic heterocycles. The van der Waals surface area contributed by atoms with Crippen molar-refractivity contribution in [1.82, 2.24) is 4.90 Å². The molecule has 0 radical (unpaired) electrons. The number of hydrogen-bond acceptors (Lipinski definition) is 2. The first-order valence-electron chi connectivity index (χ1n) is 6.31. The number of aryl methyl sites for hydroxylation is 1. The Hall–Kier alpha value is -2.29. The Balaban J connectivity index is 1.87. The lowest BCUT2D eigenvalue weighted by molar-refractivity contribution is 0.0750. The monoisotopic (exact) mass is 253 g/mol. The summed E-state index contributed by atoms with van der Waals surface area (Å²) in [6.07, 6.45) is 0. The number of phenols is 1. The summed E-state index contributed by atoms with van der Waals surface area (Å²) in [6, 6.07) is 13.0. The van der Waals surface area contributed by atoms with Crippen LogP contribution in [-0.2, 0) is 13.1 Å². The number of aromatic hydroxyl groups is 1. The van der Waals surface area contributed by atoms with E-state index in [9.17, 15) is 9.90 Å². The molecule has 3 rings (SSSR count). The molecule has 0 bridgehead atoms. The van der Waals surface area contributed by atoms with Gasteiger partial charge in [0.15, 0.2) is 0 Å². The summed E-state index contributed by atoms with van der Waals surface area (Å²) in [6.45, 7) is 3.17. The van der Waals surface area contributed by atoms with Crippen LogP contribution in [0.3, 0.4) is 0 Å². The molecule has 0 unspecified atom stereocenters. The largest absolute Gasteiger partial charge is 0.508 e. The predicted octanol–water partition coefficient (Wildman–Crippen LogP) is 2.86. The molecular formula is C16H15NO2. The molecule has 96 valence electrons. The van der Waals surface area contributed by atoms with E-state index in [1.54, 1.807) is 18.2 Å². The Morgan fingerprint density at radius 1 is 1.11 bits per heavy atom. The van der Waals surface area contributed by atoms with Crippen molar-refractivity contribution < 1.29 is 9.90 Å². The lowest BCUT2D eigenvalue weighted by Gasteiger charge is -2.17. The van der Waals surface area contributed by atoms with Crippen LogP contribution in [0.5, 0.6) is 5.75 Å². The Labute approximate surface area is 112 Å². The van der Waals surface area contributed by atoms with Gasteiger partial charge in [-0.05, 0) is 41.8 Å². The van der Waals surface area contributed by atoms with Gasteiger partial charge < -0.3 is 10.0 Å². The van der Waals surface area contributed by atoms with Crippen molar-refractivity contribution in [2.75, 3.05) is 0 Å². The summed E-state index contributed by atoms with van der Waals surface area (Å²) >= 11 is 0. The highest BCUT2D eigenvalue weighted by molar-refractivity contribution is 5.96. The average molecular weight is 253 g/mol. The van der Waals surface area contributed by atoms with Crippen LogP contribution in [0.2, 0.25) is 0 Å². The van der Waals surface area contributed by atoms with E-state index in [4.69, 9.17) is 0 Å². The average Bonchev–Trinajstić information content (AvgIpc) is 2.81. The third-order valence-electron chi connectivity index (χ3n) is 3.57. The number of fused-ring (bicyclic) bond motifs is 1. The van der Waals surface area contributed by atoms with Crippen LogP contribution in [0, 0.1) is 6.92 Å². The van der Waals surface area contributed by atoms with Gasteiger partial charge in [0, 0.05) is 18.7 Å². The van der Waals surface area contributed by atoms with E-state index in [1.807, 2.05) is 24.0 Å². The van der Waals surface area contributed by atoms with Crippen LogP contribution in [-0.4, -0.2) is 15.9 Å². The summed E-state index contributed by atoms with van der Waals surface area (Å²) in [5, 5.41) is 9.40. The number of carbonyl (C=O) groups is 1. The Kier molecular flexibility index (Phi) is 2.75. The molecule has 1 amide bonds. The van der Waals surface area contributed by atoms with Gasteiger partial charge in [-0.3, -0.25) is 4.79 Å². The first-order chi connectivity index (χ1) is 9.15. The molecule has 0 atom stereocenters.